The van der Waals surface area contributed by atoms with E-state index in [0.717, 1.165) is 0 Å². The van der Waals surface area contributed by atoms with Gasteiger partial charge in [0.2, 0.25) is 0 Å². The first-order valence-electron chi connectivity index (χ1n) is 6.44. The third kappa shape index (κ3) is 2.96. The lowest BCUT2D eigenvalue weighted by atomic mass is 9.99. The van der Waals surface area contributed by atoms with E-state index in [1.165, 1.54) is 25.7 Å². The van der Waals surface area contributed by atoms with Gasteiger partial charge in [-0.3, -0.25) is 4.79 Å². The van der Waals surface area contributed by atoms with Crippen molar-refractivity contribution < 1.29 is 4.79 Å². The standard InChI is InChI=1S/C14H19ClN2O/c1-9(10-4-2-3-5-10)17-14(18)11-6-7-13(16)12(15)8-11/h6-10H,2-5,16H2,1H3,(H,17,18)/t9-/m1/s1. The fourth-order valence-corrected chi connectivity index (χ4v) is 2.71. The molecule has 0 unspecified atom stereocenters. The molecule has 0 aromatic heterocycles. The summed E-state index contributed by atoms with van der Waals surface area (Å²) in [4.78, 5) is 12.1. The molecule has 1 aliphatic rings. The summed E-state index contributed by atoms with van der Waals surface area (Å²) in [5.41, 5.74) is 6.69. The van der Waals surface area contributed by atoms with E-state index in [1.807, 2.05) is 0 Å². The second-order valence-electron chi connectivity index (χ2n) is 5.04. The van der Waals surface area contributed by atoms with Crippen LogP contribution in [0.4, 0.5) is 5.69 Å². The first-order chi connectivity index (χ1) is 8.58. The van der Waals surface area contributed by atoms with Gasteiger partial charge in [0.1, 0.15) is 0 Å². The molecule has 1 aliphatic carbocycles. The number of rotatable bonds is 3. The van der Waals surface area contributed by atoms with Gasteiger partial charge in [-0.15, -0.1) is 0 Å². The van der Waals surface area contributed by atoms with Crippen LogP contribution in [0.1, 0.15) is 43.0 Å². The van der Waals surface area contributed by atoms with Crippen molar-refractivity contribution in [1.29, 1.82) is 0 Å². The normalized spacial score (nSPS) is 17.7. The van der Waals surface area contributed by atoms with Crippen molar-refractivity contribution in [1.82, 2.24) is 5.32 Å². The topological polar surface area (TPSA) is 55.1 Å². The summed E-state index contributed by atoms with van der Waals surface area (Å²) in [6.45, 7) is 2.08. The number of nitrogens with two attached hydrogens (primary N) is 1. The van der Waals surface area contributed by atoms with Crippen LogP contribution in [0.25, 0.3) is 0 Å². The van der Waals surface area contributed by atoms with Gasteiger partial charge in [0.25, 0.3) is 5.91 Å². The van der Waals surface area contributed by atoms with E-state index in [0.29, 0.717) is 22.2 Å². The lowest BCUT2D eigenvalue weighted by Crippen LogP contribution is -2.37. The van der Waals surface area contributed by atoms with Gasteiger partial charge in [0.15, 0.2) is 0 Å². The Hall–Kier alpha value is -1.22. The van der Waals surface area contributed by atoms with Crippen molar-refractivity contribution in [2.45, 2.75) is 38.6 Å². The Morgan fingerprint density at radius 2 is 2.11 bits per heavy atom. The summed E-state index contributed by atoms with van der Waals surface area (Å²) in [7, 11) is 0. The zero-order chi connectivity index (χ0) is 13.1. The fourth-order valence-electron chi connectivity index (χ4n) is 2.53. The number of amides is 1. The number of halogens is 1. The highest BCUT2D eigenvalue weighted by molar-refractivity contribution is 6.33. The summed E-state index contributed by atoms with van der Waals surface area (Å²) in [6, 6.07) is 5.21. The SMILES string of the molecule is C[C@@H](NC(=O)c1ccc(N)c(Cl)c1)C1CCCC1. The van der Waals surface area contributed by atoms with E-state index in [4.69, 9.17) is 17.3 Å². The third-order valence-corrected chi connectivity index (χ3v) is 4.06. The summed E-state index contributed by atoms with van der Waals surface area (Å²) in [5, 5.41) is 3.47. The van der Waals surface area contributed by atoms with E-state index < -0.39 is 0 Å². The molecule has 4 heteroatoms. The molecule has 0 bridgehead atoms. The predicted molar refractivity (Wildman–Crippen MR) is 74.8 cm³/mol. The molecule has 0 radical (unpaired) electrons. The van der Waals surface area contributed by atoms with Crippen LogP contribution in [-0.4, -0.2) is 11.9 Å². The molecule has 0 aliphatic heterocycles. The van der Waals surface area contributed by atoms with Crippen LogP contribution in [0.3, 0.4) is 0 Å². The molecule has 3 N–H and O–H groups in total. The minimum atomic E-state index is -0.0729. The highest BCUT2D eigenvalue weighted by Gasteiger charge is 2.23. The lowest BCUT2D eigenvalue weighted by Gasteiger charge is -2.20. The van der Waals surface area contributed by atoms with Gasteiger partial charge >= 0.3 is 0 Å². The number of hydrogen-bond donors (Lipinski definition) is 2. The van der Waals surface area contributed by atoms with Crippen LogP contribution >= 0.6 is 11.6 Å². The summed E-state index contributed by atoms with van der Waals surface area (Å²) < 4.78 is 0. The van der Waals surface area contributed by atoms with Crippen molar-refractivity contribution in [2.24, 2.45) is 5.92 Å². The Balaban J connectivity index is 2.00. The van der Waals surface area contributed by atoms with Crippen LogP contribution in [0.5, 0.6) is 0 Å². The average Bonchev–Trinajstić information content (AvgIpc) is 2.86. The largest absolute Gasteiger partial charge is 0.398 e. The summed E-state index contributed by atoms with van der Waals surface area (Å²) in [5.74, 6) is 0.537. The average molecular weight is 267 g/mol. The number of benzene rings is 1. The van der Waals surface area contributed by atoms with Gasteiger partial charge < -0.3 is 11.1 Å². The Morgan fingerprint density at radius 1 is 1.44 bits per heavy atom. The van der Waals surface area contributed by atoms with Crippen LogP contribution in [0.2, 0.25) is 5.02 Å². The van der Waals surface area contributed by atoms with Crippen molar-refractivity contribution in [2.75, 3.05) is 5.73 Å². The number of nitrogens with one attached hydrogen (secondary N) is 1. The quantitative estimate of drug-likeness (QED) is 0.826. The fraction of sp³-hybridized carbons (Fsp3) is 0.500. The molecule has 1 aromatic rings. The maximum atomic E-state index is 12.1. The molecule has 3 nitrogen and oxygen atoms in total. The smallest absolute Gasteiger partial charge is 0.251 e. The molecular weight excluding hydrogens is 248 g/mol. The van der Waals surface area contributed by atoms with Gasteiger partial charge in [-0.1, -0.05) is 24.4 Å². The van der Waals surface area contributed by atoms with Crippen molar-refractivity contribution in [3.05, 3.63) is 28.8 Å². The van der Waals surface area contributed by atoms with E-state index >= 15 is 0 Å². The molecule has 1 atom stereocenters. The number of anilines is 1. The number of carbonyl (C=O) groups excluding carboxylic acids is 1. The Labute approximate surface area is 113 Å². The molecule has 1 saturated carbocycles. The van der Waals surface area contributed by atoms with E-state index in [1.54, 1.807) is 18.2 Å². The molecule has 1 amide bonds. The predicted octanol–water partition coefficient (Wildman–Crippen LogP) is 3.23. The first-order valence-corrected chi connectivity index (χ1v) is 6.81. The van der Waals surface area contributed by atoms with E-state index in [2.05, 4.69) is 12.2 Å². The van der Waals surface area contributed by atoms with Crippen molar-refractivity contribution in [3.8, 4) is 0 Å². The molecule has 0 heterocycles. The Bertz CT molecular complexity index is 441. The molecule has 18 heavy (non-hydrogen) atoms. The van der Waals surface area contributed by atoms with E-state index in [-0.39, 0.29) is 11.9 Å². The van der Waals surface area contributed by atoms with Gasteiger partial charge in [-0.2, -0.15) is 0 Å². The molecule has 0 saturated heterocycles. The van der Waals surface area contributed by atoms with Gasteiger partial charge in [0.05, 0.1) is 10.7 Å². The molecule has 0 spiro atoms. The van der Waals surface area contributed by atoms with Crippen LogP contribution in [0, 0.1) is 5.92 Å². The van der Waals surface area contributed by atoms with E-state index in [9.17, 15) is 4.79 Å². The second-order valence-corrected chi connectivity index (χ2v) is 5.45. The maximum Gasteiger partial charge on any atom is 0.251 e. The van der Waals surface area contributed by atoms with Crippen LogP contribution < -0.4 is 11.1 Å². The third-order valence-electron chi connectivity index (χ3n) is 3.73. The minimum absolute atomic E-state index is 0.0729. The van der Waals surface area contributed by atoms with Crippen molar-refractivity contribution >= 4 is 23.2 Å². The number of hydrogen-bond acceptors (Lipinski definition) is 2. The summed E-state index contributed by atoms with van der Waals surface area (Å²) in [6.07, 6.45) is 4.98. The first kappa shape index (κ1) is 13.2. The highest BCUT2D eigenvalue weighted by atomic mass is 35.5. The van der Waals surface area contributed by atoms with Crippen LogP contribution in [-0.2, 0) is 0 Å². The molecular formula is C14H19ClN2O. The molecule has 2 rings (SSSR count). The lowest BCUT2D eigenvalue weighted by molar-refractivity contribution is 0.0927. The zero-order valence-corrected chi connectivity index (χ0v) is 11.3. The monoisotopic (exact) mass is 266 g/mol. The second kappa shape index (κ2) is 5.61. The van der Waals surface area contributed by atoms with Gasteiger partial charge in [-0.25, -0.2) is 0 Å². The molecule has 1 aromatic carbocycles. The summed E-state index contributed by atoms with van der Waals surface area (Å²) >= 11 is 5.92. The molecule has 1 fully saturated rings. The Kier molecular flexibility index (Phi) is 4.12. The number of nitrogen functional groups attached to an aromatic ring is 1. The maximum absolute atomic E-state index is 12.1. The highest BCUT2D eigenvalue weighted by Crippen LogP contribution is 2.27. The number of carbonyl (C=O) groups is 1. The Morgan fingerprint density at radius 3 is 2.72 bits per heavy atom. The van der Waals surface area contributed by atoms with Crippen molar-refractivity contribution in [3.63, 3.8) is 0 Å². The van der Waals surface area contributed by atoms with Gasteiger partial charge in [0, 0.05) is 11.6 Å². The van der Waals surface area contributed by atoms with Crippen LogP contribution in [0.15, 0.2) is 18.2 Å². The minimum Gasteiger partial charge on any atom is -0.398 e. The zero-order valence-electron chi connectivity index (χ0n) is 10.6. The molecule has 98 valence electrons. The van der Waals surface area contributed by atoms with Gasteiger partial charge in [-0.05, 0) is 43.9 Å².